The molecule has 0 aliphatic heterocycles. The summed E-state index contributed by atoms with van der Waals surface area (Å²) in [6.07, 6.45) is 2.33. The van der Waals surface area contributed by atoms with Crippen molar-refractivity contribution in [3.63, 3.8) is 0 Å². The summed E-state index contributed by atoms with van der Waals surface area (Å²) in [7, 11) is 0. The Bertz CT molecular complexity index is 894. The maximum atomic E-state index is 12.0. The van der Waals surface area contributed by atoms with E-state index < -0.39 is 11.8 Å². The Morgan fingerprint density at radius 3 is 2.45 bits per heavy atom. The molecule has 2 amide bonds. The number of benzene rings is 2. The van der Waals surface area contributed by atoms with E-state index in [4.69, 9.17) is 9.47 Å². The van der Waals surface area contributed by atoms with Crippen LogP contribution in [0.4, 0.5) is 5.69 Å². The minimum atomic E-state index is -0.854. The van der Waals surface area contributed by atoms with E-state index in [9.17, 15) is 9.59 Å². The molecule has 7 nitrogen and oxygen atoms in total. The van der Waals surface area contributed by atoms with Crippen LogP contribution in [0.5, 0.6) is 11.5 Å². The molecule has 0 spiro atoms. The number of hydrogen-bond donors (Lipinski definition) is 2. The van der Waals surface area contributed by atoms with Crippen LogP contribution in [0.1, 0.15) is 37.0 Å². The zero-order chi connectivity index (χ0) is 21.2. The smallest absolute Gasteiger partial charge is 0.329 e. The van der Waals surface area contributed by atoms with Crippen molar-refractivity contribution in [2.24, 2.45) is 5.10 Å². The van der Waals surface area contributed by atoms with Crippen molar-refractivity contribution in [3.8, 4) is 11.5 Å². The van der Waals surface area contributed by atoms with Gasteiger partial charge in [0.25, 0.3) is 0 Å². The molecule has 0 aliphatic carbocycles. The minimum absolute atomic E-state index is 0.498. The highest BCUT2D eigenvalue weighted by Crippen LogP contribution is 2.28. The zero-order valence-electron chi connectivity index (χ0n) is 17.2. The van der Waals surface area contributed by atoms with Gasteiger partial charge in [-0.2, -0.15) is 5.10 Å². The van der Waals surface area contributed by atoms with Crippen molar-refractivity contribution in [1.82, 2.24) is 5.43 Å². The highest BCUT2D eigenvalue weighted by molar-refractivity contribution is 6.39. The number of nitrogens with zero attached hydrogens (tertiary/aromatic N) is 1. The topological polar surface area (TPSA) is 89.0 Å². The van der Waals surface area contributed by atoms with E-state index in [0.29, 0.717) is 36.0 Å². The van der Waals surface area contributed by atoms with Gasteiger partial charge >= 0.3 is 11.8 Å². The van der Waals surface area contributed by atoms with Crippen LogP contribution in [0.25, 0.3) is 0 Å². The lowest BCUT2D eigenvalue weighted by atomic mass is 10.1. The maximum absolute atomic E-state index is 12.0. The first-order chi connectivity index (χ1) is 13.9. The van der Waals surface area contributed by atoms with Crippen LogP contribution in [0.15, 0.2) is 41.5 Å². The van der Waals surface area contributed by atoms with Gasteiger partial charge in [0.05, 0.1) is 19.4 Å². The van der Waals surface area contributed by atoms with Crippen molar-refractivity contribution in [2.75, 3.05) is 18.5 Å². The molecule has 0 atom stereocenters. The molecular formula is C22H27N3O4. The summed E-state index contributed by atoms with van der Waals surface area (Å²) in [6.45, 7) is 8.92. The van der Waals surface area contributed by atoms with Gasteiger partial charge in [0.1, 0.15) is 0 Å². The molecule has 0 aliphatic rings. The number of anilines is 1. The molecular weight excluding hydrogens is 370 g/mol. The highest BCUT2D eigenvalue weighted by Gasteiger charge is 2.13. The van der Waals surface area contributed by atoms with Gasteiger partial charge in [-0.05, 0) is 74.2 Å². The summed E-state index contributed by atoms with van der Waals surface area (Å²) < 4.78 is 11.2. The predicted octanol–water partition coefficient (Wildman–Crippen LogP) is 3.58. The summed E-state index contributed by atoms with van der Waals surface area (Å²) in [5.74, 6) is -0.387. The summed E-state index contributed by atoms with van der Waals surface area (Å²) in [6, 6.07) is 10.8. The number of carbonyl (C=O) groups excluding carboxylic acids is 2. The lowest BCUT2D eigenvalue weighted by molar-refractivity contribution is -0.136. The van der Waals surface area contributed by atoms with Crippen LogP contribution in [0.3, 0.4) is 0 Å². The van der Waals surface area contributed by atoms with E-state index in [2.05, 4.69) is 15.8 Å². The molecule has 0 bridgehead atoms. The molecule has 29 heavy (non-hydrogen) atoms. The van der Waals surface area contributed by atoms with Crippen molar-refractivity contribution in [2.45, 2.75) is 34.1 Å². The number of rotatable bonds is 8. The van der Waals surface area contributed by atoms with E-state index in [1.807, 2.05) is 33.8 Å². The van der Waals surface area contributed by atoms with E-state index >= 15 is 0 Å². The number of carbonyl (C=O) groups is 2. The van der Waals surface area contributed by atoms with Gasteiger partial charge in [0.15, 0.2) is 11.5 Å². The second kappa shape index (κ2) is 10.8. The molecule has 2 aromatic rings. The zero-order valence-corrected chi connectivity index (χ0v) is 17.2. The van der Waals surface area contributed by atoms with Crippen LogP contribution in [-0.4, -0.2) is 31.2 Å². The maximum Gasteiger partial charge on any atom is 0.329 e. The number of amides is 2. The second-order valence-corrected chi connectivity index (χ2v) is 6.44. The molecule has 0 saturated heterocycles. The SMILES string of the molecule is CCCOc1ccc(C=NNC(=O)C(=O)Nc2ccc(C)c(C)c2)cc1OCC. The Morgan fingerprint density at radius 1 is 0.966 bits per heavy atom. The Labute approximate surface area is 171 Å². The number of hydrazone groups is 1. The Morgan fingerprint density at radius 2 is 1.76 bits per heavy atom. The lowest BCUT2D eigenvalue weighted by Crippen LogP contribution is -2.32. The lowest BCUT2D eigenvalue weighted by Gasteiger charge is -2.11. The van der Waals surface area contributed by atoms with Crippen LogP contribution < -0.4 is 20.2 Å². The number of nitrogens with one attached hydrogen (secondary N) is 2. The molecule has 0 fully saturated rings. The molecule has 2 N–H and O–H groups in total. The summed E-state index contributed by atoms with van der Waals surface area (Å²) in [4.78, 5) is 24.0. The van der Waals surface area contributed by atoms with Crippen molar-refractivity contribution < 1.29 is 19.1 Å². The first-order valence-electron chi connectivity index (χ1n) is 9.55. The van der Waals surface area contributed by atoms with Crippen LogP contribution in [-0.2, 0) is 9.59 Å². The molecule has 2 aromatic carbocycles. The highest BCUT2D eigenvalue weighted by atomic mass is 16.5. The first-order valence-corrected chi connectivity index (χ1v) is 9.55. The minimum Gasteiger partial charge on any atom is -0.490 e. The fourth-order valence-electron chi connectivity index (χ4n) is 2.43. The van der Waals surface area contributed by atoms with E-state index in [0.717, 1.165) is 17.5 Å². The summed E-state index contributed by atoms with van der Waals surface area (Å²) in [5.41, 5.74) is 5.61. The largest absolute Gasteiger partial charge is 0.490 e. The van der Waals surface area contributed by atoms with Crippen LogP contribution in [0, 0.1) is 13.8 Å². The summed E-state index contributed by atoms with van der Waals surface area (Å²) in [5, 5.41) is 6.40. The standard InChI is InChI=1S/C22H27N3O4/c1-5-11-29-19-10-8-17(13-20(19)28-6-2)14-23-25-22(27)21(26)24-18-9-7-15(3)16(4)12-18/h7-10,12-14H,5-6,11H2,1-4H3,(H,24,26)(H,25,27). The number of aryl methyl sites for hydroxylation is 2. The fraction of sp³-hybridized carbons (Fsp3) is 0.318. The quantitative estimate of drug-likeness (QED) is 0.405. The third kappa shape index (κ3) is 6.64. The van der Waals surface area contributed by atoms with E-state index in [1.54, 1.807) is 30.3 Å². The third-order valence-corrected chi connectivity index (χ3v) is 4.08. The van der Waals surface area contributed by atoms with Crippen molar-refractivity contribution in [1.29, 1.82) is 0 Å². The number of ether oxygens (including phenoxy) is 2. The van der Waals surface area contributed by atoms with Crippen molar-refractivity contribution in [3.05, 3.63) is 53.1 Å². The predicted molar refractivity (Wildman–Crippen MR) is 114 cm³/mol. The second-order valence-electron chi connectivity index (χ2n) is 6.44. The molecule has 2 rings (SSSR count). The molecule has 0 heterocycles. The average Bonchev–Trinajstić information content (AvgIpc) is 2.70. The third-order valence-electron chi connectivity index (χ3n) is 4.08. The first kappa shape index (κ1) is 21.9. The Kier molecular flexibility index (Phi) is 8.21. The van der Waals surface area contributed by atoms with Gasteiger partial charge in [-0.15, -0.1) is 0 Å². The van der Waals surface area contributed by atoms with Crippen LogP contribution >= 0.6 is 0 Å². The Balaban J connectivity index is 1.96. The Hall–Kier alpha value is -3.35. The molecule has 0 saturated carbocycles. The molecule has 0 radical (unpaired) electrons. The van der Waals surface area contributed by atoms with Gasteiger partial charge in [0, 0.05) is 5.69 Å². The van der Waals surface area contributed by atoms with Crippen molar-refractivity contribution >= 4 is 23.7 Å². The molecule has 7 heteroatoms. The monoisotopic (exact) mass is 397 g/mol. The van der Waals surface area contributed by atoms with Crippen LogP contribution in [0.2, 0.25) is 0 Å². The van der Waals surface area contributed by atoms with Gasteiger partial charge in [-0.25, -0.2) is 5.43 Å². The van der Waals surface area contributed by atoms with E-state index in [-0.39, 0.29) is 0 Å². The normalized spacial score (nSPS) is 10.6. The average molecular weight is 397 g/mol. The van der Waals surface area contributed by atoms with Gasteiger partial charge in [-0.1, -0.05) is 13.0 Å². The molecule has 0 unspecified atom stereocenters. The van der Waals surface area contributed by atoms with E-state index in [1.165, 1.54) is 6.21 Å². The summed E-state index contributed by atoms with van der Waals surface area (Å²) >= 11 is 0. The fourth-order valence-corrected chi connectivity index (χ4v) is 2.43. The molecule has 154 valence electrons. The molecule has 0 aromatic heterocycles. The van der Waals surface area contributed by atoms with Gasteiger partial charge in [0.2, 0.25) is 0 Å². The number of hydrogen-bond acceptors (Lipinski definition) is 5. The van der Waals surface area contributed by atoms with Gasteiger partial charge in [-0.3, -0.25) is 9.59 Å². The van der Waals surface area contributed by atoms with Gasteiger partial charge < -0.3 is 14.8 Å².